The largest absolute Gasteiger partial charge is 0.271 e. The Morgan fingerprint density at radius 1 is 0.905 bits per heavy atom. The van der Waals surface area contributed by atoms with E-state index < -0.39 is 17.7 Å². The maximum absolute atomic E-state index is 14.1. The van der Waals surface area contributed by atoms with Crippen LogP contribution in [0.1, 0.15) is 33.9 Å². The van der Waals surface area contributed by atoms with Crippen LogP contribution < -0.4 is 11.3 Å². The van der Waals surface area contributed by atoms with Gasteiger partial charge >= 0.3 is 0 Å². The van der Waals surface area contributed by atoms with E-state index in [2.05, 4.69) is 5.43 Å². The van der Waals surface area contributed by atoms with Crippen LogP contribution in [0.25, 0.3) is 0 Å². The van der Waals surface area contributed by atoms with Crippen molar-refractivity contribution in [1.82, 2.24) is 5.43 Å². The molecule has 2 aromatic carbocycles. The van der Waals surface area contributed by atoms with Crippen molar-refractivity contribution in [1.29, 1.82) is 0 Å². The molecule has 0 saturated heterocycles. The van der Waals surface area contributed by atoms with Crippen molar-refractivity contribution >= 4 is 11.6 Å². The second-order valence-electron chi connectivity index (χ2n) is 5.18. The SMILES string of the molecule is Cc1cc(C)c(C(NN)c2cc(F)c(Cl)cc2F)cc1C. The molecule has 0 aliphatic heterocycles. The first-order chi connectivity index (χ1) is 9.85. The summed E-state index contributed by atoms with van der Waals surface area (Å²) in [4.78, 5) is 0. The Morgan fingerprint density at radius 2 is 1.52 bits per heavy atom. The Morgan fingerprint density at radius 3 is 2.14 bits per heavy atom. The van der Waals surface area contributed by atoms with Crippen LogP contribution in [-0.4, -0.2) is 0 Å². The molecule has 0 heterocycles. The number of halogens is 3. The van der Waals surface area contributed by atoms with E-state index in [4.69, 9.17) is 17.4 Å². The van der Waals surface area contributed by atoms with E-state index in [1.165, 1.54) is 0 Å². The minimum absolute atomic E-state index is 0.130. The number of benzene rings is 2. The Kier molecular flexibility index (Phi) is 4.61. The number of aryl methyl sites for hydroxylation is 3. The summed E-state index contributed by atoms with van der Waals surface area (Å²) in [6.07, 6.45) is 0. The normalized spacial score (nSPS) is 12.5. The predicted molar refractivity (Wildman–Crippen MR) is 81.2 cm³/mol. The van der Waals surface area contributed by atoms with Crippen molar-refractivity contribution in [2.75, 3.05) is 0 Å². The third kappa shape index (κ3) is 3.07. The molecule has 1 atom stereocenters. The zero-order valence-corrected chi connectivity index (χ0v) is 12.9. The Balaban J connectivity index is 2.60. The number of hydrazine groups is 1. The Labute approximate surface area is 127 Å². The van der Waals surface area contributed by atoms with Gasteiger partial charge in [0.25, 0.3) is 0 Å². The van der Waals surface area contributed by atoms with Gasteiger partial charge in [-0.1, -0.05) is 23.7 Å². The highest BCUT2D eigenvalue weighted by Crippen LogP contribution is 2.30. The van der Waals surface area contributed by atoms with Gasteiger partial charge in [0, 0.05) is 5.56 Å². The fraction of sp³-hybridized carbons (Fsp3) is 0.250. The monoisotopic (exact) mass is 310 g/mol. The van der Waals surface area contributed by atoms with Crippen LogP contribution in [0.3, 0.4) is 0 Å². The van der Waals surface area contributed by atoms with Gasteiger partial charge in [-0.3, -0.25) is 5.84 Å². The van der Waals surface area contributed by atoms with Crippen molar-refractivity contribution in [2.24, 2.45) is 5.84 Å². The van der Waals surface area contributed by atoms with Crippen LogP contribution in [0, 0.1) is 32.4 Å². The van der Waals surface area contributed by atoms with Crippen molar-refractivity contribution in [2.45, 2.75) is 26.8 Å². The van der Waals surface area contributed by atoms with Gasteiger partial charge in [0.1, 0.15) is 11.6 Å². The molecule has 112 valence electrons. The Bertz CT molecular complexity index is 629. The quantitative estimate of drug-likeness (QED) is 0.509. The van der Waals surface area contributed by atoms with Gasteiger partial charge in [-0.05, 0) is 55.2 Å². The van der Waals surface area contributed by atoms with E-state index in [-0.39, 0.29) is 10.6 Å². The highest BCUT2D eigenvalue weighted by Gasteiger charge is 2.21. The average Bonchev–Trinajstić information content (AvgIpc) is 2.42. The van der Waals surface area contributed by atoms with Gasteiger partial charge in [-0.2, -0.15) is 0 Å². The summed E-state index contributed by atoms with van der Waals surface area (Å²) in [5, 5.41) is -0.246. The lowest BCUT2D eigenvalue weighted by atomic mass is 9.92. The van der Waals surface area contributed by atoms with E-state index in [1.807, 2.05) is 32.9 Å². The van der Waals surface area contributed by atoms with Gasteiger partial charge in [0.15, 0.2) is 0 Å². The fourth-order valence-electron chi connectivity index (χ4n) is 2.40. The molecular weight excluding hydrogens is 294 g/mol. The lowest BCUT2D eigenvalue weighted by Crippen LogP contribution is -2.30. The lowest BCUT2D eigenvalue weighted by molar-refractivity contribution is 0.544. The summed E-state index contributed by atoms with van der Waals surface area (Å²) in [6, 6.07) is 5.33. The number of rotatable bonds is 3. The van der Waals surface area contributed by atoms with Crippen molar-refractivity contribution < 1.29 is 8.78 Å². The minimum atomic E-state index is -0.671. The predicted octanol–water partition coefficient (Wildman–Crippen LogP) is 4.10. The first-order valence-corrected chi connectivity index (χ1v) is 6.91. The zero-order chi connectivity index (χ0) is 15.7. The third-order valence-electron chi connectivity index (χ3n) is 3.71. The van der Waals surface area contributed by atoms with Crippen molar-refractivity contribution in [3.63, 3.8) is 0 Å². The molecule has 5 heteroatoms. The van der Waals surface area contributed by atoms with Gasteiger partial charge in [0.05, 0.1) is 11.1 Å². The number of hydrogen-bond acceptors (Lipinski definition) is 2. The third-order valence-corrected chi connectivity index (χ3v) is 4.00. The zero-order valence-electron chi connectivity index (χ0n) is 12.1. The molecule has 2 nitrogen and oxygen atoms in total. The molecule has 0 aliphatic rings. The molecule has 0 amide bonds. The maximum Gasteiger partial charge on any atom is 0.142 e. The molecule has 2 rings (SSSR count). The number of hydrogen-bond donors (Lipinski definition) is 2. The minimum Gasteiger partial charge on any atom is -0.271 e. The number of nitrogens with one attached hydrogen (secondary N) is 1. The summed E-state index contributed by atoms with van der Waals surface area (Å²) in [7, 11) is 0. The molecule has 0 radical (unpaired) electrons. The number of nitrogens with two attached hydrogens (primary N) is 1. The lowest BCUT2D eigenvalue weighted by Gasteiger charge is -2.21. The van der Waals surface area contributed by atoms with Crippen LogP contribution >= 0.6 is 11.6 Å². The molecule has 0 fully saturated rings. The van der Waals surface area contributed by atoms with Crippen molar-refractivity contribution in [3.05, 3.63) is 68.7 Å². The van der Waals surface area contributed by atoms with Crippen LogP contribution in [0.15, 0.2) is 24.3 Å². The molecule has 0 aromatic heterocycles. The molecule has 0 bridgehead atoms. The first-order valence-electron chi connectivity index (χ1n) is 6.53. The smallest absolute Gasteiger partial charge is 0.142 e. The molecule has 1 unspecified atom stereocenters. The molecule has 0 saturated carbocycles. The van der Waals surface area contributed by atoms with Crippen molar-refractivity contribution in [3.8, 4) is 0 Å². The highest BCUT2D eigenvalue weighted by molar-refractivity contribution is 6.30. The van der Waals surface area contributed by atoms with E-state index in [9.17, 15) is 8.78 Å². The topological polar surface area (TPSA) is 38.0 Å². The second-order valence-corrected chi connectivity index (χ2v) is 5.59. The maximum atomic E-state index is 14.1. The summed E-state index contributed by atoms with van der Waals surface area (Å²) in [6.45, 7) is 5.88. The summed E-state index contributed by atoms with van der Waals surface area (Å²) in [5.41, 5.74) is 6.65. The van der Waals surface area contributed by atoms with E-state index in [1.54, 1.807) is 0 Å². The van der Waals surface area contributed by atoms with Gasteiger partial charge < -0.3 is 0 Å². The first kappa shape index (κ1) is 15.9. The van der Waals surface area contributed by atoms with Crippen LogP contribution in [0.2, 0.25) is 5.02 Å². The fourth-order valence-corrected chi connectivity index (χ4v) is 2.55. The molecule has 3 N–H and O–H groups in total. The summed E-state index contributed by atoms with van der Waals surface area (Å²) < 4.78 is 27.8. The van der Waals surface area contributed by atoms with E-state index >= 15 is 0 Å². The van der Waals surface area contributed by atoms with Gasteiger partial charge in [-0.25, -0.2) is 14.2 Å². The second kappa shape index (κ2) is 6.10. The summed E-state index contributed by atoms with van der Waals surface area (Å²) in [5.74, 6) is 4.31. The molecule has 21 heavy (non-hydrogen) atoms. The van der Waals surface area contributed by atoms with Crippen LogP contribution in [-0.2, 0) is 0 Å². The molecule has 2 aromatic rings. The van der Waals surface area contributed by atoms with Gasteiger partial charge in [-0.15, -0.1) is 0 Å². The van der Waals surface area contributed by atoms with Crippen LogP contribution in [0.4, 0.5) is 8.78 Å². The van der Waals surface area contributed by atoms with Crippen LogP contribution in [0.5, 0.6) is 0 Å². The van der Waals surface area contributed by atoms with E-state index in [0.29, 0.717) is 0 Å². The molecular formula is C16H17ClF2N2. The van der Waals surface area contributed by atoms with Gasteiger partial charge in [0.2, 0.25) is 0 Å². The molecule has 0 spiro atoms. The summed E-state index contributed by atoms with van der Waals surface area (Å²) >= 11 is 5.59. The highest BCUT2D eigenvalue weighted by atomic mass is 35.5. The average molecular weight is 311 g/mol. The van der Waals surface area contributed by atoms with E-state index in [0.717, 1.165) is 34.4 Å². The molecule has 0 aliphatic carbocycles. The Hall–Kier alpha value is -1.49. The standard InChI is InChI=1S/C16H17ClF2N2/c1-8-4-10(3)11(5-9(8)2)16(21-20)12-6-15(19)13(17)7-14(12)18/h4-7,16,21H,20H2,1-3H3.